The number of aliphatic hydroxyl groups is 1. The van der Waals surface area contributed by atoms with E-state index >= 15 is 0 Å². The molecule has 0 amide bonds. The number of nitrogens with zero attached hydrogens (tertiary/aromatic N) is 1. The van der Waals surface area contributed by atoms with Crippen molar-refractivity contribution in [3.05, 3.63) is 103 Å². The van der Waals surface area contributed by atoms with E-state index in [4.69, 9.17) is 14.5 Å². The van der Waals surface area contributed by atoms with E-state index in [-0.39, 0.29) is 31.6 Å². The van der Waals surface area contributed by atoms with E-state index in [1.807, 2.05) is 30.3 Å². The van der Waals surface area contributed by atoms with Crippen LogP contribution in [0.3, 0.4) is 0 Å². The van der Waals surface area contributed by atoms with Crippen molar-refractivity contribution in [1.29, 1.82) is 0 Å². The topological polar surface area (TPSA) is 63.3 Å². The van der Waals surface area contributed by atoms with E-state index in [9.17, 15) is 4.79 Å². The van der Waals surface area contributed by atoms with Crippen LogP contribution in [0.15, 0.2) is 101 Å². The first-order chi connectivity index (χ1) is 17.0. The Labute approximate surface area is 226 Å². The molecule has 0 atom stereocenters. The summed E-state index contributed by atoms with van der Waals surface area (Å²) in [5.41, 5.74) is 5.74. The molecule has 181 valence electrons. The molecule has 36 heavy (non-hydrogen) atoms. The van der Waals surface area contributed by atoms with Gasteiger partial charge < -0.3 is 9.52 Å². The number of rotatable bonds is 3. The summed E-state index contributed by atoms with van der Waals surface area (Å²) in [5.74, 6) is -0.0625. The Morgan fingerprint density at radius 2 is 1.72 bits per heavy atom. The normalized spacial score (nSPS) is 11.2. The van der Waals surface area contributed by atoms with Crippen LogP contribution in [0.25, 0.3) is 53.9 Å². The molecule has 4 nitrogen and oxygen atoms in total. The van der Waals surface area contributed by atoms with Crippen molar-refractivity contribution in [2.24, 2.45) is 0 Å². The fraction of sp³-hybridized carbons (Fsp3) is 0.0667. The molecule has 3 heterocycles. The van der Waals surface area contributed by atoms with Gasteiger partial charge in [-0.15, -0.1) is 29.5 Å². The minimum atomic E-state index is -0.125. The fourth-order valence-electron chi connectivity index (χ4n) is 3.98. The second-order valence-corrected chi connectivity index (χ2v) is 9.23. The number of allylic oxidation sites excluding steroid dienone is 2. The van der Waals surface area contributed by atoms with E-state index in [1.54, 1.807) is 11.3 Å². The number of ketones is 1. The van der Waals surface area contributed by atoms with Crippen LogP contribution < -0.4 is 0 Å². The van der Waals surface area contributed by atoms with Crippen LogP contribution in [-0.2, 0) is 24.9 Å². The number of aliphatic hydroxyl groups excluding tert-OH is 1. The Bertz CT molecular complexity index is 1700. The number of carbonyl (C=O) groups excluding carboxylic acids is 1. The molecule has 0 fully saturated rings. The van der Waals surface area contributed by atoms with E-state index in [2.05, 4.69) is 60.7 Å². The third-order valence-electron chi connectivity index (χ3n) is 5.44. The summed E-state index contributed by atoms with van der Waals surface area (Å²) in [5, 5.41) is 10.6. The SMILES string of the molecule is CC(=O)/C=C(/C)O.[Ir].[c-]1ccc2c(oc3ccccc32)c1-c1ccc2sc(-c3ccccc3)cc2n1. The van der Waals surface area contributed by atoms with Crippen LogP contribution in [0, 0.1) is 6.07 Å². The van der Waals surface area contributed by atoms with Gasteiger partial charge in [0.25, 0.3) is 0 Å². The molecule has 3 aromatic heterocycles. The van der Waals surface area contributed by atoms with Gasteiger partial charge in [0.15, 0.2) is 5.78 Å². The number of furan rings is 1. The molecule has 0 aliphatic rings. The second kappa shape index (κ2) is 11.0. The molecule has 6 heteroatoms. The number of thiophene rings is 1. The first kappa shape index (κ1) is 25.5. The Morgan fingerprint density at radius 1 is 0.972 bits per heavy atom. The maximum absolute atomic E-state index is 10.0. The van der Waals surface area contributed by atoms with Crippen molar-refractivity contribution in [2.45, 2.75) is 13.8 Å². The molecular weight excluding hydrogens is 647 g/mol. The molecule has 0 saturated heterocycles. The van der Waals surface area contributed by atoms with Gasteiger partial charge in [0.05, 0.1) is 21.6 Å². The van der Waals surface area contributed by atoms with Crippen LogP contribution in [-0.4, -0.2) is 15.9 Å². The molecule has 0 aliphatic heterocycles. The molecule has 6 rings (SSSR count). The van der Waals surface area contributed by atoms with E-state index in [1.165, 1.54) is 35.1 Å². The average molecular weight is 669 g/mol. The molecule has 3 aromatic carbocycles. The Balaban J connectivity index is 0.000000338. The van der Waals surface area contributed by atoms with Crippen molar-refractivity contribution in [3.8, 4) is 21.7 Å². The minimum Gasteiger partial charge on any atom is -0.512 e. The van der Waals surface area contributed by atoms with Gasteiger partial charge in [-0.2, -0.15) is 0 Å². The number of aromatic nitrogens is 1. The number of carbonyl (C=O) groups is 1. The van der Waals surface area contributed by atoms with Gasteiger partial charge >= 0.3 is 0 Å². The molecule has 0 spiro atoms. The van der Waals surface area contributed by atoms with Gasteiger partial charge in [-0.05, 0) is 43.3 Å². The van der Waals surface area contributed by atoms with Crippen molar-refractivity contribution >= 4 is 49.3 Å². The molecule has 0 aliphatic carbocycles. The zero-order chi connectivity index (χ0) is 24.4. The molecule has 1 N–H and O–H groups in total. The molecule has 1 radical (unpaired) electrons. The van der Waals surface area contributed by atoms with Gasteiger partial charge in [0.1, 0.15) is 5.58 Å². The molecular formula is C30H22IrNO3S-. The fourth-order valence-corrected chi connectivity index (χ4v) is 4.99. The smallest absolute Gasteiger partial charge is 0.155 e. The van der Waals surface area contributed by atoms with Crippen LogP contribution in [0.2, 0.25) is 0 Å². The average Bonchev–Trinajstić information content (AvgIpc) is 3.45. The number of benzene rings is 3. The Kier molecular flexibility index (Phi) is 7.80. The summed E-state index contributed by atoms with van der Waals surface area (Å²) in [6, 6.07) is 32.3. The summed E-state index contributed by atoms with van der Waals surface area (Å²) in [4.78, 5) is 16.2. The van der Waals surface area contributed by atoms with Crippen LogP contribution in [0.5, 0.6) is 0 Å². The van der Waals surface area contributed by atoms with E-state index in [0.29, 0.717) is 0 Å². The number of pyridine rings is 1. The maximum atomic E-state index is 10.0. The zero-order valence-electron chi connectivity index (χ0n) is 19.6. The maximum Gasteiger partial charge on any atom is 0.155 e. The number of hydrogen-bond acceptors (Lipinski definition) is 5. The van der Waals surface area contributed by atoms with Gasteiger partial charge in [-0.3, -0.25) is 9.78 Å². The van der Waals surface area contributed by atoms with Crippen molar-refractivity contribution < 1.29 is 34.4 Å². The van der Waals surface area contributed by atoms with Crippen LogP contribution in [0.1, 0.15) is 13.8 Å². The predicted octanol–water partition coefficient (Wildman–Crippen LogP) is 8.36. The summed E-state index contributed by atoms with van der Waals surface area (Å²) in [6.45, 7) is 2.85. The van der Waals surface area contributed by atoms with Gasteiger partial charge in [0.2, 0.25) is 0 Å². The monoisotopic (exact) mass is 669 g/mol. The first-order valence-electron chi connectivity index (χ1n) is 11.2. The summed E-state index contributed by atoms with van der Waals surface area (Å²) in [7, 11) is 0. The zero-order valence-corrected chi connectivity index (χ0v) is 22.8. The predicted molar refractivity (Wildman–Crippen MR) is 144 cm³/mol. The third-order valence-corrected chi connectivity index (χ3v) is 6.58. The summed E-state index contributed by atoms with van der Waals surface area (Å²) in [6.07, 6.45) is 1.17. The van der Waals surface area contributed by atoms with Gasteiger partial charge in [-0.25, -0.2) is 0 Å². The quantitative estimate of drug-likeness (QED) is 0.117. The van der Waals surface area contributed by atoms with Crippen molar-refractivity contribution in [3.63, 3.8) is 0 Å². The molecule has 6 aromatic rings. The number of para-hydroxylation sites is 1. The Morgan fingerprint density at radius 3 is 2.44 bits per heavy atom. The number of fused-ring (bicyclic) bond motifs is 4. The van der Waals surface area contributed by atoms with Crippen molar-refractivity contribution in [1.82, 2.24) is 4.98 Å². The van der Waals surface area contributed by atoms with Crippen LogP contribution in [0.4, 0.5) is 0 Å². The van der Waals surface area contributed by atoms with E-state index < -0.39 is 0 Å². The third kappa shape index (κ3) is 5.31. The summed E-state index contributed by atoms with van der Waals surface area (Å²) >= 11 is 1.77. The van der Waals surface area contributed by atoms with E-state index in [0.717, 1.165) is 38.7 Å². The van der Waals surface area contributed by atoms with Crippen molar-refractivity contribution in [2.75, 3.05) is 0 Å². The largest absolute Gasteiger partial charge is 0.512 e. The molecule has 0 unspecified atom stereocenters. The van der Waals surface area contributed by atoms with Gasteiger partial charge in [0, 0.05) is 36.4 Å². The molecule has 0 saturated carbocycles. The second-order valence-electron chi connectivity index (χ2n) is 8.15. The minimum absolute atomic E-state index is 0. The van der Waals surface area contributed by atoms with Gasteiger partial charge in [-0.1, -0.05) is 65.5 Å². The standard InChI is InChI=1S/C25H14NOS.C5H8O2.Ir/c1-2-7-16(8-3-1)24-15-21-23(28-24)14-13-20(26-21)19-11-6-10-18-17-9-4-5-12-22(17)27-25(18)19;1-4(6)3-5(2)7;/h1-10,12-15H;3,6H,1-2H3;/q-1;;/b;4-3-;. The molecule has 0 bridgehead atoms. The first-order valence-corrected chi connectivity index (χ1v) is 12.0. The Hall–Kier alpha value is -3.57. The van der Waals surface area contributed by atoms with Crippen LogP contribution >= 0.6 is 11.3 Å². The number of hydrogen-bond donors (Lipinski definition) is 1. The summed E-state index contributed by atoms with van der Waals surface area (Å²) < 4.78 is 7.34.